The first kappa shape index (κ1) is 18.1. The standard InChI is InChI=1S/C17H19N5O3S/c1-3-25-17(24)15-11-5-4-10(2)6-12(11)26-16(15)20-14(23)8-22-9-19-13(7-18)21-22/h9-10H,3-6,8H2,1-2H3,(H,20,23). The predicted molar refractivity (Wildman–Crippen MR) is 94.8 cm³/mol. The van der Waals surface area contributed by atoms with Gasteiger partial charge in [0, 0.05) is 4.88 Å². The summed E-state index contributed by atoms with van der Waals surface area (Å²) in [4.78, 5) is 29.7. The Hall–Kier alpha value is -2.73. The van der Waals surface area contributed by atoms with Crippen LogP contribution in [0.5, 0.6) is 0 Å². The number of carbonyl (C=O) groups is 2. The number of thiophene rings is 1. The molecule has 1 unspecified atom stereocenters. The van der Waals surface area contributed by atoms with Gasteiger partial charge >= 0.3 is 5.97 Å². The van der Waals surface area contributed by atoms with Gasteiger partial charge in [0.25, 0.3) is 5.82 Å². The van der Waals surface area contributed by atoms with Crippen molar-refractivity contribution in [3.8, 4) is 6.07 Å². The molecule has 1 N–H and O–H groups in total. The Labute approximate surface area is 154 Å². The molecule has 0 fully saturated rings. The molecule has 0 spiro atoms. The highest BCUT2D eigenvalue weighted by molar-refractivity contribution is 7.17. The fourth-order valence-electron chi connectivity index (χ4n) is 2.99. The van der Waals surface area contributed by atoms with Gasteiger partial charge in [-0.1, -0.05) is 6.92 Å². The molecule has 2 aromatic heterocycles. The van der Waals surface area contributed by atoms with Crippen molar-refractivity contribution in [3.63, 3.8) is 0 Å². The number of amides is 1. The number of nitrogens with one attached hydrogen (secondary N) is 1. The lowest BCUT2D eigenvalue weighted by Crippen LogP contribution is -2.20. The highest BCUT2D eigenvalue weighted by atomic mass is 32.1. The maximum absolute atomic E-state index is 12.4. The summed E-state index contributed by atoms with van der Waals surface area (Å²) in [6.07, 6.45) is 4.05. The minimum atomic E-state index is -0.401. The van der Waals surface area contributed by atoms with Gasteiger partial charge in [0.05, 0.1) is 12.2 Å². The molecule has 0 radical (unpaired) electrons. The predicted octanol–water partition coefficient (Wildman–Crippen LogP) is 2.15. The topological polar surface area (TPSA) is 110 Å². The van der Waals surface area contributed by atoms with Gasteiger partial charge in [-0.15, -0.1) is 16.4 Å². The number of anilines is 1. The van der Waals surface area contributed by atoms with Crippen LogP contribution >= 0.6 is 11.3 Å². The van der Waals surface area contributed by atoms with Crippen molar-refractivity contribution < 1.29 is 14.3 Å². The first-order valence-electron chi connectivity index (χ1n) is 8.42. The van der Waals surface area contributed by atoms with Gasteiger partial charge in [-0.05, 0) is 37.7 Å². The molecule has 8 nitrogen and oxygen atoms in total. The molecule has 0 saturated carbocycles. The summed E-state index contributed by atoms with van der Waals surface area (Å²) in [5.74, 6) is -0.177. The van der Waals surface area contributed by atoms with E-state index in [2.05, 4.69) is 22.3 Å². The fourth-order valence-corrected chi connectivity index (χ4v) is 4.41. The third-order valence-corrected chi connectivity index (χ3v) is 5.36. The second-order valence-corrected chi connectivity index (χ2v) is 7.31. The van der Waals surface area contributed by atoms with Gasteiger partial charge in [-0.3, -0.25) is 4.79 Å². The summed E-state index contributed by atoms with van der Waals surface area (Å²) >= 11 is 1.44. The Balaban J connectivity index is 1.82. The summed E-state index contributed by atoms with van der Waals surface area (Å²) in [5, 5.41) is 15.9. The number of carbonyl (C=O) groups excluding carboxylic acids is 2. The second-order valence-electron chi connectivity index (χ2n) is 6.20. The zero-order chi connectivity index (χ0) is 18.7. The minimum absolute atomic E-state index is 0.00517. The first-order chi connectivity index (χ1) is 12.5. The Morgan fingerprint density at radius 3 is 3.04 bits per heavy atom. The minimum Gasteiger partial charge on any atom is -0.462 e. The van der Waals surface area contributed by atoms with Crippen LogP contribution in [0.4, 0.5) is 5.00 Å². The Bertz CT molecular complexity index is 880. The summed E-state index contributed by atoms with van der Waals surface area (Å²) in [7, 11) is 0. The van der Waals surface area contributed by atoms with Crippen molar-refractivity contribution in [1.29, 1.82) is 5.26 Å². The number of nitrogens with zero attached hydrogens (tertiary/aromatic N) is 4. The molecule has 1 amide bonds. The van der Waals surface area contributed by atoms with Gasteiger partial charge < -0.3 is 10.1 Å². The molecular weight excluding hydrogens is 354 g/mol. The lowest BCUT2D eigenvalue weighted by Gasteiger charge is -2.18. The van der Waals surface area contributed by atoms with E-state index >= 15 is 0 Å². The van der Waals surface area contributed by atoms with Crippen molar-refractivity contribution in [2.24, 2.45) is 5.92 Å². The van der Waals surface area contributed by atoms with E-state index in [1.54, 1.807) is 6.92 Å². The van der Waals surface area contributed by atoms with Crippen LogP contribution < -0.4 is 5.32 Å². The number of ether oxygens (including phenoxy) is 1. The van der Waals surface area contributed by atoms with E-state index in [9.17, 15) is 9.59 Å². The number of hydrogen-bond acceptors (Lipinski definition) is 7. The van der Waals surface area contributed by atoms with Crippen molar-refractivity contribution >= 4 is 28.2 Å². The van der Waals surface area contributed by atoms with Crippen LogP contribution in [-0.2, 0) is 28.9 Å². The van der Waals surface area contributed by atoms with E-state index in [4.69, 9.17) is 10.00 Å². The number of fused-ring (bicyclic) bond motifs is 1. The van der Waals surface area contributed by atoms with E-state index in [0.717, 1.165) is 29.7 Å². The summed E-state index contributed by atoms with van der Waals surface area (Å²) in [5.41, 5.74) is 1.47. The average Bonchev–Trinajstić information content (AvgIpc) is 3.18. The number of aromatic nitrogens is 3. The Morgan fingerprint density at radius 2 is 2.35 bits per heavy atom. The van der Waals surface area contributed by atoms with Crippen LogP contribution in [0.1, 0.15) is 46.9 Å². The zero-order valence-corrected chi connectivity index (χ0v) is 15.4. The highest BCUT2D eigenvalue weighted by Gasteiger charge is 2.29. The lowest BCUT2D eigenvalue weighted by atomic mass is 9.88. The Morgan fingerprint density at radius 1 is 1.54 bits per heavy atom. The van der Waals surface area contributed by atoms with Crippen LogP contribution in [-0.4, -0.2) is 33.2 Å². The third-order valence-electron chi connectivity index (χ3n) is 4.19. The van der Waals surface area contributed by atoms with Gasteiger partial charge in [0.2, 0.25) is 5.91 Å². The maximum atomic E-state index is 12.4. The lowest BCUT2D eigenvalue weighted by molar-refractivity contribution is -0.116. The van der Waals surface area contributed by atoms with Crippen LogP contribution in [0.25, 0.3) is 0 Å². The number of rotatable bonds is 5. The molecule has 26 heavy (non-hydrogen) atoms. The van der Waals surface area contributed by atoms with E-state index in [1.165, 1.54) is 22.3 Å². The number of nitriles is 1. The molecule has 1 atom stereocenters. The average molecular weight is 373 g/mol. The van der Waals surface area contributed by atoms with Crippen LogP contribution in [0.2, 0.25) is 0 Å². The molecule has 2 heterocycles. The number of esters is 1. The third kappa shape index (κ3) is 3.75. The van der Waals surface area contributed by atoms with E-state index in [-0.39, 0.29) is 24.9 Å². The smallest absolute Gasteiger partial charge is 0.341 e. The summed E-state index contributed by atoms with van der Waals surface area (Å²) in [6, 6.07) is 1.81. The fraction of sp³-hybridized carbons (Fsp3) is 0.471. The van der Waals surface area contributed by atoms with E-state index < -0.39 is 5.97 Å². The molecule has 9 heteroatoms. The van der Waals surface area contributed by atoms with E-state index in [1.807, 2.05) is 6.07 Å². The molecule has 0 aromatic carbocycles. The van der Waals surface area contributed by atoms with Crippen LogP contribution in [0, 0.1) is 17.2 Å². The van der Waals surface area contributed by atoms with Gasteiger partial charge in [0.15, 0.2) is 0 Å². The highest BCUT2D eigenvalue weighted by Crippen LogP contribution is 2.40. The zero-order valence-electron chi connectivity index (χ0n) is 14.6. The molecule has 0 bridgehead atoms. The van der Waals surface area contributed by atoms with Crippen LogP contribution in [0.15, 0.2) is 6.33 Å². The normalized spacial score (nSPS) is 15.8. The molecule has 1 aliphatic carbocycles. The largest absolute Gasteiger partial charge is 0.462 e. The molecule has 0 aliphatic heterocycles. The van der Waals surface area contributed by atoms with Crippen molar-refractivity contribution in [2.45, 2.75) is 39.7 Å². The molecule has 1 aliphatic rings. The van der Waals surface area contributed by atoms with Gasteiger partial charge in [-0.2, -0.15) is 5.26 Å². The van der Waals surface area contributed by atoms with Crippen molar-refractivity contribution in [2.75, 3.05) is 11.9 Å². The quantitative estimate of drug-likeness (QED) is 0.804. The molecule has 3 rings (SSSR count). The SMILES string of the molecule is CCOC(=O)c1c(NC(=O)Cn2cnc(C#N)n2)sc2c1CCC(C)C2. The molecule has 0 saturated heterocycles. The Kier molecular flexibility index (Phi) is 5.32. The van der Waals surface area contributed by atoms with Crippen molar-refractivity contribution in [1.82, 2.24) is 14.8 Å². The molecule has 136 valence electrons. The first-order valence-corrected chi connectivity index (χ1v) is 9.24. The van der Waals surface area contributed by atoms with Crippen LogP contribution in [0.3, 0.4) is 0 Å². The maximum Gasteiger partial charge on any atom is 0.341 e. The monoisotopic (exact) mass is 373 g/mol. The summed E-state index contributed by atoms with van der Waals surface area (Å²) in [6.45, 7) is 4.13. The van der Waals surface area contributed by atoms with Gasteiger partial charge in [0.1, 0.15) is 23.9 Å². The number of hydrogen-bond donors (Lipinski definition) is 1. The van der Waals surface area contributed by atoms with Crippen molar-refractivity contribution in [3.05, 3.63) is 28.2 Å². The van der Waals surface area contributed by atoms with Gasteiger partial charge in [-0.25, -0.2) is 14.5 Å². The van der Waals surface area contributed by atoms with E-state index in [0.29, 0.717) is 16.5 Å². The molecular formula is C17H19N5O3S. The molecule has 2 aromatic rings. The second kappa shape index (κ2) is 7.66. The summed E-state index contributed by atoms with van der Waals surface area (Å²) < 4.78 is 6.48.